The van der Waals surface area contributed by atoms with Gasteiger partial charge in [-0.25, -0.2) is 0 Å². The van der Waals surface area contributed by atoms with E-state index < -0.39 is 5.97 Å². The molecule has 0 radical (unpaired) electrons. The first kappa shape index (κ1) is 29.4. The van der Waals surface area contributed by atoms with Gasteiger partial charge in [-0.3, -0.25) is 4.79 Å². The standard InChI is InChI=1S/C27H55NO2/c1-4-5-6-7-8-9-10-11-13-16-19-22-25-28(2,3)26-23-20-17-14-12-15-18-21-24-27(29)30/h4-26H2,1-3H3/p+1. The highest BCUT2D eigenvalue weighted by atomic mass is 16.4. The van der Waals surface area contributed by atoms with Gasteiger partial charge in [0.1, 0.15) is 0 Å². The molecule has 3 nitrogen and oxygen atoms in total. The monoisotopic (exact) mass is 426 g/mol. The number of aliphatic carboxylic acids is 1. The highest BCUT2D eigenvalue weighted by Crippen LogP contribution is 2.14. The summed E-state index contributed by atoms with van der Waals surface area (Å²) in [5.74, 6) is -0.653. The number of carboxylic acid groups (broad SMARTS) is 1. The molecule has 0 atom stereocenters. The first-order valence-corrected chi connectivity index (χ1v) is 13.5. The molecule has 0 aliphatic heterocycles. The maximum atomic E-state index is 10.5. The molecular weight excluding hydrogens is 370 g/mol. The third-order valence-corrected chi connectivity index (χ3v) is 6.52. The Morgan fingerprint density at radius 3 is 1.17 bits per heavy atom. The van der Waals surface area contributed by atoms with Crippen molar-refractivity contribution in [3.05, 3.63) is 0 Å². The normalized spacial score (nSPS) is 11.8. The zero-order valence-corrected chi connectivity index (χ0v) is 21.1. The molecule has 0 unspecified atom stereocenters. The van der Waals surface area contributed by atoms with Crippen molar-refractivity contribution in [2.24, 2.45) is 0 Å². The van der Waals surface area contributed by atoms with Gasteiger partial charge in [0.2, 0.25) is 0 Å². The van der Waals surface area contributed by atoms with Crippen LogP contribution in [0.25, 0.3) is 0 Å². The molecule has 0 amide bonds. The number of hydrogen-bond donors (Lipinski definition) is 1. The lowest BCUT2D eigenvalue weighted by molar-refractivity contribution is -0.890. The lowest BCUT2D eigenvalue weighted by Crippen LogP contribution is -2.41. The molecule has 0 saturated heterocycles. The number of nitrogens with zero attached hydrogens (tertiary/aromatic N) is 1. The number of hydrogen-bond acceptors (Lipinski definition) is 1. The van der Waals surface area contributed by atoms with Crippen LogP contribution in [0.5, 0.6) is 0 Å². The molecule has 180 valence electrons. The fourth-order valence-electron chi connectivity index (χ4n) is 4.37. The summed E-state index contributed by atoms with van der Waals surface area (Å²) >= 11 is 0. The predicted molar refractivity (Wildman–Crippen MR) is 132 cm³/mol. The summed E-state index contributed by atoms with van der Waals surface area (Å²) in [6, 6.07) is 0. The molecule has 0 saturated carbocycles. The van der Waals surface area contributed by atoms with Crippen LogP contribution in [0, 0.1) is 0 Å². The first-order valence-electron chi connectivity index (χ1n) is 13.5. The summed E-state index contributed by atoms with van der Waals surface area (Å²) in [6.07, 6.45) is 27.3. The van der Waals surface area contributed by atoms with Crippen molar-refractivity contribution in [2.45, 2.75) is 142 Å². The smallest absolute Gasteiger partial charge is 0.303 e. The number of rotatable bonds is 24. The van der Waals surface area contributed by atoms with Gasteiger partial charge in [0, 0.05) is 6.42 Å². The molecule has 0 aromatic carbocycles. The lowest BCUT2D eigenvalue weighted by Gasteiger charge is -2.30. The Morgan fingerprint density at radius 2 is 0.833 bits per heavy atom. The maximum Gasteiger partial charge on any atom is 0.303 e. The van der Waals surface area contributed by atoms with Gasteiger partial charge in [0.15, 0.2) is 0 Å². The lowest BCUT2D eigenvalue weighted by atomic mass is 10.0. The third kappa shape index (κ3) is 23.7. The zero-order chi connectivity index (χ0) is 22.3. The van der Waals surface area contributed by atoms with Crippen LogP contribution in [0.15, 0.2) is 0 Å². The SMILES string of the molecule is CCCCCCCCCCCCCC[N+](C)(C)CCCCCCCCCCC(=O)O. The van der Waals surface area contributed by atoms with Gasteiger partial charge >= 0.3 is 5.97 Å². The van der Waals surface area contributed by atoms with Crippen LogP contribution in [0.2, 0.25) is 0 Å². The molecule has 30 heavy (non-hydrogen) atoms. The highest BCUT2D eigenvalue weighted by Gasteiger charge is 2.13. The molecular formula is C27H56NO2+. The average molecular weight is 427 g/mol. The molecule has 0 spiro atoms. The summed E-state index contributed by atoms with van der Waals surface area (Å²) in [5, 5.41) is 8.63. The van der Waals surface area contributed by atoms with E-state index in [2.05, 4.69) is 21.0 Å². The van der Waals surface area contributed by atoms with Gasteiger partial charge in [0.05, 0.1) is 27.2 Å². The Kier molecular flexibility index (Phi) is 21.2. The number of unbranched alkanes of at least 4 members (excludes halogenated alkanes) is 18. The molecule has 0 heterocycles. The van der Waals surface area contributed by atoms with Gasteiger partial charge in [-0.05, 0) is 32.1 Å². The fraction of sp³-hybridized carbons (Fsp3) is 0.963. The Morgan fingerprint density at radius 1 is 0.533 bits per heavy atom. The van der Waals surface area contributed by atoms with E-state index in [1.165, 1.54) is 133 Å². The summed E-state index contributed by atoms with van der Waals surface area (Å²) < 4.78 is 1.19. The van der Waals surface area contributed by atoms with Crippen molar-refractivity contribution >= 4 is 5.97 Å². The Hall–Kier alpha value is -0.570. The van der Waals surface area contributed by atoms with Crippen molar-refractivity contribution in [2.75, 3.05) is 27.2 Å². The molecule has 0 aromatic rings. The fourth-order valence-corrected chi connectivity index (χ4v) is 4.37. The van der Waals surface area contributed by atoms with Gasteiger partial charge in [-0.15, -0.1) is 0 Å². The molecule has 0 bridgehead atoms. The van der Waals surface area contributed by atoms with E-state index in [1.807, 2.05) is 0 Å². The Balaban J connectivity index is 3.32. The van der Waals surface area contributed by atoms with E-state index in [4.69, 9.17) is 5.11 Å². The Labute approximate surface area is 189 Å². The predicted octanol–water partition coefficient (Wildman–Crippen LogP) is 8.36. The largest absolute Gasteiger partial charge is 0.481 e. The Bertz CT molecular complexity index is 368. The van der Waals surface area contributed by atoms with E-state index in [0.29, 0.717) is 6.42 Å². The second-order valence-electron chi connectivity index (χ2n) is 10.2. The quantitative estimate of drug-likeness (QED) is 0.124. The minimum absolute atomic E-state index is 0.339. The van der Waals surface area contributed by atoms with Gasteiger partial charge in [0.25, 0.3) is 0 Å². The number of carbonyl (C=O) groups is 1. The van der Waals surface area contributed by atoms with Crippen molar-refractivity contribution in [3.8, 4) is 0 Å². The van der Waals surface area contributed by atoms with Crippen LogP contribution in [0.1, 0.15) is 142 Å². The van der Waals surface area contributed by atoms with E-state index in [1.54, 1.807) is 0 Å². The average Bonchev–Trinajstić information content (AvgIpc) is 2.70. The molecule has 0 fully saturated rings. The first-order chi connectivity index (χ1) is 14.5. The van der Waals surface area contributed by atoms with Crippen LogP contribution in [0.4, 0.5) is 0 Å². The van der Waals surface area contributed by atoms with Gasteiger partial charge in [-0.2, -0.15) is 0 Å². The van der Waals surface area contributed by atoms with E-state index in [-0.39, 0.29) is 0 Å². The van der Waals surface area contributed by atoms with Crippen LogP contribution in [-0.4, -0.2) is 42.7 Å². The van der Waals surface area contributed by atoms with Crippen LogP contribution in [-0.2, 0) is 4.79 Å². The van der Waals surface area contributed by atoms with E-state index in [0.717, 1.165) is 12.8 Å². The molecule has 0 rings (SSSR count). The molecule has 0 aliphatic rings. The van der Waals surface area contributed by atoms with Gasteiger partial charge in [-0.1, -0.05) is 103 Å². The molecule has 0 aliphatic carbocycles. The second kappa shape index (κ2) is 21.7. The second-order valence-corrected chi connectivity index (χ2v) is 10.2. The third-order valence-electron chi connectivity index (χ3n) is 6.52. The number of carboxylic acids is 1. The van der Waals surface area contributed by atoms with E-state index >= 15 is 0 Å². The topological polar surface area (TPSA) is 37.3 Å². The summed E-state index contributed by atoms with van der Waals surface area (Å²) in [6.45, 7) is 4.94. The van der Waals surface area contributed by atoms with Crippen LogP contribution < -0.4 is 0 Å². The molecule has 0 aromatic heterocycles. The van der Waals surface area contributed by atoms with Crippen molar-refractivity contribution < 1.29 is 14.4 Å². The summed E-state index contributed by atoms with van der Waals surface area (Å²) in [4.78, 5) is 10.5. The van der Waals surface area contributed by atoms with E-state index in [9.17, 15) is 4.79 Å². The van der Waals surface area contributed by atoms with Crippen molar-refractivity contribution in [1.82, 2.24) is 0 Å². The maximum absolute atomic E-state index is 10.5. The van der Waals surface area contributed by atoms with Crippen molar-refractivity contribution in [1.29, 1.82) is 0 Å². The van der Waals surface area contributed by atoms with Gasteiger partial charge < -0.3 is 9.59 Å². The molecule has 3 heteroatoms. The summed E-state index contributed by atoms with van der Waals surface area (Å²) in [7, 11) is 4.81. The van der Waals surface area contributed by atoms with Crippen molar-refractivity contribution in [3.63, 3.8) is 0 Å². The van der Waals surface area contributed by atoms with Crippen LogP contribution >= 0.6 is 0 Å². The van der Waals surface area contributed by atoms with Crippen LogP contribution in [0.3, 0.4) is 0 Å². The highest BCUT2D eigenvalue weighted by molar-refractivity contribution is 5.66. The summed E-state index contributed by atoms with van der Waals surface area (Å²) in [5.41, 5.74) is 0. The number of quaternary nitrogens is 1. The minimum Gasteiger partial charge on any atom is -0.481 e. The molecule has 1 N–H and O–H groups in total. The minimum atomic E-state index is -0.653. The zero-order valence-electron chi connectivity index (χ0n) is 21.1.